The van der Waals surface area contributed by atoms with Crippen LogP contribution in [0.15, 0.2) is 36.4 Å². The molecule has 0 bridgehead atoms. The van der Waals surface area contributed by atoms with Crippen LogP contribution in [0.4, 0.5) is 0 Å². The van der Waals surface area contributed by atoms with Crippen LogP contribution in [0, 0.1) is 0 Å². The van der Waals surface area contributed by atoms with Crippen molar-refractivity contribution in [3.8, 4) is 0 Å². The molecular weight excluding hydrogens is 176 g/mol. The summed E-state index contributed by atoms with van der Waals surface area (Å²) in [5, 5.41) is 17.4. The van der Waals surface area contributed by atoms with E-state index in [1.807, 2.05) is 36.4 Å². The smallest absolute Gasteiger partial charge is 0.0513 e. The largest absolute Gasteiger partial charge is 0.393 e. The molecule has 0 heterocycles. The van der Waals surface area contributed by atoms with Crippen molar-refractivity contribution in [3.05, 3.63) is 36.4 Å². The van der Waals surface area contributed by atoms with Crippen LogP contribution in [0.3, 0.4) is 0 Å². The van der Waals surface area contributed by atoms with Gasteiger partial charge >= 0.3 is 0 Å². The van der Waals surface area contributed by atoms with E-state index >= 15 is 0 Å². The van der Waals surface area contributed by atoms with Crippen molar-refractivity contribution in [1.82, 2.24) is 0 Å². The van der Waals surface area contributed by atoms with E-state index < -0.39 is 0 Å². The molecule has 1 aromatic carbocycles. The first-order chi connectivity index (χ1) is 6.63. The van der Waals surface area contributed by atoms with Gasteiger partial charge in [0, 0.05) is 0 Å². The second-order valence-electron chi connectivity index (χ2n) is 3.43. The molecule has 0 amide bonds. The number of rotatable bonds is 3. The summed E-state index contributed by atoms with van der Waals surface area (Å²) in [6.45, 7) is 3.45. The second kappa shape index (κ2) is 8.73. The quantitative estimate of drug-likeness (QED) is 0.778. The van der Waals surface area contributed by atoms with Gasteiger partial charge < -0.3 is 10.2 Å². The fraction of sp³-hybridized carbons (Fsp3) is 0.500. The average molecular weight is 196 g/mol. The Kier molecular flexibility index (Phi) is 8.19. The van der Waals surface area contributed by atoms with E-state index in [1.54, 1.807) is 13.8 Å². The number of aliphatic hydroxyl groups excluding tert-OH is 2. The maximum absolute atomic E-state index is 8.69. The first-order valence-corrected chi connectivity index (χ1v) is 4.99. The molecule has 0 aromatic heterocycles. The summed E-state index contributed by atoms with van der Waals surface area (Å²) in [4.78, 5) is 0. The summed E-state index contributed by atoms with van der Waals surface area (Å²) in [5.74, 6) is 0. The summed E-state index contributed by atoms with van der Waals surface area (Å²) in [5.41, 5.74) is 0. The Morgan fingerprint density at radius 1 is 0.714 bits per heavy atom. The van der Waals surface area contributed by atoms with E-state index in [0.29, 0.717) is 12.8 Å². The highest BCUT2D eigenvalue weighted by atomic mass is 16.3. The Morgan fingerprint density at radius 3 is 1.07 bits per heavy atom. The molecule has 80 valence electrons. The van der Waals surface area contributed by atoms with Gasteiger partial charge in [-0.25, -0.2) is 0 Å². The van der Waals surface area contributed by atoms with Gasteiger partial charge in [-0.1, -0.05) is 36.4 Å². The lowest BCUT2D eigenvalue weighted by Crippen LogP contribution is -2.06. The summed E-state index contributed by atoms with van der Waals surface area (Å²) < 4.78 is 0. The number of benzene rings is 1. The normalized spacial score (nSPS) is 13.7. The minimum absolute atomic E-state index is 0.274. The third-order valence-electron chi connectivity index (χ3n) is 1.67. The highest BCUT2D eigenvalue weighted by Crippen LogP contribution is 1.98. The summed E-state index contributed by atoms with van der Waals surface area (Å²) in [7, 11) is 0. The Bertz CT molecular complexity index is 160. The van der Waals surface area contributed by atoms with Crippen molar-refractivity contribution < 1.29 is 10.2 Å². The maximum Gasteiger partial charge on any atom is 0.0513 e. The molecule has 0 saturated carbocycles. The van der Waals surface area contributed by atoms with E-state index in [2.05, 4.69) is 0 Å². The number of hydrogen-bond acceptors (Lipinski definition) is 2. The van der Waals surface area contributed by atoms with Gasteiger partial charge in [-0.15, -0.1) is 0 Å². The van der Waals surface area contributed by atoms with Crippen molar-refractivity contribution >= 4 is 0 Å². The lowest BCUT2D eigenvalue weighted by Gasteiger charge is -2.04. The van der Waals surface area contributed by atoms with E-state index in [1.165, 1.54) is 0 Å². The molecule has 2 N–H and O–H groups in total. The van der Waals surface area contributed by atoms with Crippen molar-refractivity contribution in [3.63, 3.8) is 0 Å². The molecule has 0 saturated heterocycles. The molecule has 2 atom stereocenters. The van der Waals surface area contributed by atoms with E-state index in [4.69, 9.17) is 10.2 Å². The van der Waals surface area contributed by atoms with Crippen LogP contribution in [0.5, 0.6) is 0 Å². The Labute approximate surface area is 86.2 Å². The van der Waals surface area contributed by atoms with Crippen LogP contribution in [-0.2, 0) is 0 Å². The molecule has 0 aliphatic rings. The Balaban J connectivity index is 0.000000249. The molecule has 14 heavy (non-hydrogen) atoms. The molecule has 0 aliphatic heterocycles. The molecule has 0 aliphatic carbocycles. The fourth-order valence-electron chi connectivity index (χ4n) is 0.867. The standard InChI is InChI=1S/C6H14O2.C6H6/c1-5(7)3-4-6(2)8;1-2-4-6-5-3-1/h5-8H,3-4H2,1-2H3;1-6H/t5-,6-;/m0./s1. The lowest BCUT2D eigenvalue weighted by molar-refractivity contribution is 0.133. The van der Waals surface area contributed by atoms with Crippen LogP contribution in [0.25, 0.3) is 0 Å². The van der Waals surface area contributed by atoms with Gasteiger partial charge in [-0.2, -0.15) is 0 Å². The predicted octanol–water partition coefficient (Wildman–Crippen LogP) is 2.21. The Hall–Kier alpha value is -0.860. The van der Waals surface area contributed by atoms with Gasteiger partial charge in [0.2, 0.25) is 0 Å². The summed E-state index contributed by atoms with van der Waals surface area (Å²) in [6.07, 6.45) is 0.837. The van der Waals surface area contributed by atoms with Crippen molar-refractivity contribution in [2.45, 2.75) is 38.9 Å². The molecule has 2 nitrogen and oxygen atoms in total. The Morgan fingerprint density at radius 2 is 0.929 bits per heavy atom. The molecule has 2 heteroatoms. The van der Waals surface area contributed by atoms with Crippen molar-refractivity contribution in [2.24, 2.45) is 0 Å². The zero-order chi connectivity index (χ0) is 10.8. The van der Waals surface area contributed by atoms with E-state index in [-0.39, 0.29) is 12.2 Å². The molecule has 1 aromatic rings. The maximum atomic E-state index is 8.69. The first kappa shape index (κ1) is 13.1. The van der Waals surface area contributed by atoms with Crippen LogP contribution >= 0.6 is 0 Å². The molecule has 0 fully saturated rings. The fourth-order valence-corrected chi connectivity index (χ4v) is 0.867. The van der Waals surface area contributed by atoms with Gasteiger partial charge in [0.1, 0.15) is 0 Å². The minimum Gasteiger partial charge on any atom is -0.393 e. The zero-order valence-corrected chi connectivity index (χ0v) is 8.93. The highest BCUT2D eigenvalue weighted by Gasteiger charge is 1.98. The predicted molar refractivity (Wildman–Crippen MR) is 59.0 cm³/mol. The van der Waals surface area contributed by atoms with Gasteiger partial charge in [-0.3, -0.25) is 0 Å². The lowest BCUT2D eigenvalue weighted by atomic mass is 10.1. The van der Waals surface area contributed by atoms with Gasteiger partial charge in [0.05, 0.1) is 12.2 Å². The molecule has 1 rings (SSSR count). The second-order valence-corrected chi connectivity index (χ2v) is 3.43. The highest BCUT2D eigenvalue weighted by molar-refractivity contribution is 4.99. The van der Waals surface area contributed by atoms with Crippen LogP contribution in [0.2, 0.25) is 0 Å². The van der Waals surface area contributed by atoms with Crippen LogP contribution in [0.1, 0.15) is 26.7 Å². The molecular formula is C12H20O2. The van der Waals surface area contributed by atoms with Crippen molar-refractivity contribution in [2.75, 3.05) is 0 Å². The summed E-state index contributed by atoms with van der Waals surface area (Å²) in [6, 6.07) is 12.0. The van der Waals surface area contributed by atoms with E-state index in [9.17, 15) is 0 Å². The first-order valence-electron chi connectivity index (χ1n) is 4.99. The minimum atomic E-state index is -0.274. The topological polar surface area (TPSA) is 40.5 Å². The average Bonchev–Trinajstić information content (AvgIpc) is 2.18. The van der Waals surface area contributed by atoms with Crippen LogP contribution < -0.4 is 0 Å². The number of hydrogen-bond donors (Lipinski definition) is 2. The van der Waals surface area contributed by atoms with Gasteiger partial charge in [-0.05, 0) is 26.7 Å². The van der Waals surface area contributed by atoms with Gasteiger partial charge in [0.15, 0.2) is 0 Å². The molecule has 0 spiro atoms. The van der Waals surface area contributed by atoms with E-state index in [0.717, 1.165) is 0 Å². The molecule has 0 radical (unpaired) electrons. The third-order valence-corrected chi connectivity index (χ3v) is 1.67. The molecule has 0 unspecified atom stereocenters. The third kappa shape index (κ3) is 11.1. The van der Waals surface area contributed by atoms with Crippen molar-refractivity contribution in [1.29, 1.82) is 0 Å². The zero-order valence-electron chi connectivity index (χ0n) is 8.93. The van der Waals surface area contributed by atoms with Gasteiger partial charge in [0.25, 0.3) is 0 Å². The SMILES string of the molecule is C[C@H](O)CC[C@H](C)O.c1ccccc1. The van der Waals surface area contributed by atoms with Crippen LogP contribution in [-0.4, -0.2) is 22.4 Å². The summed E-state index contributed by atoms with van der Waals surface area (Å²) >= 11 is 0. The number of aliphatic hydroxyl groups is 2. The monoisotopic (exact) mass is 196 g/mol.